The van der Waals surface area contributed by atoms with Gasteiger partial charge in [-0.15, -0.1) is 0 Å². The average molecular weight is 485 g/mol. The number of pyridine rings is 1. The number of aliphatic hydroxyl groups is 2. The summed E-state index contributed by atoms with van der Waals surface area (Å²) < 4.78 is 32.2. The monoisotopic (exact) mass is 484 g/mol. The maximum Gasteiger partial charge on any atom is 0.126 e. The van der Waals surface area contributed by atoms with E-state index in [-0.39, 0.29) is 18.6 Å². The third-order valence-electron chi connectivity index (χ3n) is 7.19. The number of fused-ring (bicyclic) bond motifs is 1. The number of aryl methyl sites for hydroxylation is 1. The fraction of sp³-hybridized carbons (Fsp3) is 0.464. The first kappa shape index (κ1) is 25.5. The number of hydrogen-bond donors (Lipinski definition) is 2. The number of piperidine rings is 1. The number of likely N-dealkylation sites (tertiary alicyclic amines) is 1. The van der Waals surface area contributed by atoms with Crippen LogP contribution < -0.4 is 4.74 Å². The fourth-order valence-electron chi connectivity index (χ4n) is 5.15. The molecule has 0 spiro atoms. The molecule has 1 atom stereocenters. The molecule has 1 fully saturated rings. The Labute approximate surface area is 205 Å². The number of nitrogens with zero attached hydrogens (tertiary/aromatic N) is 2. The van der Waals surface area contributed by atoms with Crippen LogP contribution in [0.4, 0.5) is 8.78 Å². The second kappa shape index (κ2) is 11.9. The molecule has 0 saturated carbocycles. The molecule has 1 unspecified atom stereocenters. The number of methoxy groups -OCH3 is 1. The van der Waals surface area contributed by atoms with Gasteiger partial charge < -0.3 is 19.8 Å². The predicted molar refractivity (Wildman–Crippen MR) is 132 cm³/mol. The molecule has 1 aliphatic rings. The first-order chi connectivity index (χ1) is 17.0. The molecule has 35 heavy (non-hydrogen) atoms. The lowest BCUT2D eigenvalue weighted by atomic mass is 9.87. The van der Waals surface area contributed by atoms with Crippen LogP contribution in [0.3, 0.4) is 0 Å². The molecule has 1 aromatic heterocycles. The number of ether oxygens (including phenoxy) is 1. The molecule has 2 N–H and O–H groups in total. The summed E-state index contributed by atoms with van der Waals surface area (Å²) in [4.78, 5) is 6.75. The lowest BCUT2D eigenvalue weighted by molar-refractivity contribution is 0.0527. The maximum absolute atomic E-state index is 13.4. The van der Waals surface area contributed by atoms with Gasteiger partial charge >= 0.3 is 0 Å². The maximum atomic E-state index is 13.4. The number of halogens is 2. The van der Waals surface area contributed by atoms with Crippen molar-refractivity contribution >= 4 is 10.9 Å². The summed E-state index contributed by atoms with van der Waals surface area (Å²) in [6.07, 6.45) is 6.07. The lowest BCUT2D eigenvalue weighted by Crippen LogP contribution is -2.38. The molecule has 7 heteroatoms. The van der Waals surface area contributed by atoms with E-state index in [1.807, 2.05) is 18.2 Å². The van der Waals surface area contributed by atoms with Crippen molar-refractivity contribution in [3.8, 4) is 5.75 Å². The largest absolute Gasteiger partial charge is 0.497 e. The van der Waals surface area contributed by atoms with Crippen molar-refractivity contribution in [2.75, 3.05) is 26.7 Å². The van der Waals surface area contributed by atoms with E-state index >= 15 is 0 Å². The highest BCUT2D eigenvalue weighted by atomic mass is 19.1. The molecule has 4 rings (SSSR count). The Bertz CT molecular complexity index is 1110. The van der Waals surface area contributed by atoms with E-state index < -0.39 is 11.6 Å². The molecular formula is C28H34F2N2O3. The van der Waals surface area contributed by atoms with E-state index in [9.17, 15) is 19.0 Å². The van der Waals surface area contributed by atoms with Crippen molar-refractivity contribution in [3.63, 3.8) is 0 Å². The van der Waals surface area contributed by atoms with Crippen molar-refractivity contribution < 1.29 is 23.7 Å². The summed E-state index contributed by atoms with van der Waals surface area (Å²) >= 11 is 0. The fourth-order valence-corrected chi connectivity index (χ4v) is 5.15. The number of benzene rings is 2. The molecule has 0 aliphatic carbocycles. The van der Waals surface area contributed by atoms with Crippen LogP contribution in [0.2, 0.25) is 0 Å². The number of rotatable bonds is 10. The van der Waals surface area contributed by atoms with Gasteiger partial charge in [0.2, 0.25) is 0 Å². The number of aliphatic hydroxyl groups excluding tert-OH is 2. The van der Waals surface area contributed by atoms with Crippen molar-refractivity contribution in [1.29, 1.82) is 0 Å². The van der Waals surface area contributed by atoms with Gasteiger partial charge in [-0.25, -0.2) is 8.78 Å². The van der Waals surface area contributed by atoms with E-state index in [0.717, 1.165) is 79.2 Å². The van der Waals surface area contributed by atoms with Crippen LogP contribution in [0.25, 0.3) is 10.9 Å². The molecule has 0 radical (unpaired) electrons. The van der Waals surface area contributed by atoms with Gasteiger partial charge in [-0.05, 0) is 105 Å². The standard InChI is InChI=1S/C28H34F2N2O3/c1-35-24-5-6-27-26(16-24)25(21(18-33)17-31-27)3-2-4-28(34)20-8-11-32(12-9-20)10-7-19-13-22(29)15-23(30)14-19/h5-6,13-17,20,28,33-34H,2-4,7-12,18H2,1H3. The van der Waals surface area contributed by atoms with E-state index in [4.69, 9.17) is 4.74 Å². The SMILES string of the molecule is COc1ccc2ncc(CO)c(CCCC(O)C3CCN(CCc4cc(F)cc(F)c4)CC3)c2c1. The van der Waals surface area contributed by atoms with E-state index in [2.05, 4.69) is 9.88 Å². The van der Waals surface area contributed by atoms with Crippen molar-refractivity contribution in [3.05, 3.63) is 70.9 Å². The highest BCUT2D eigenvalue weighted by Crippen LogP contribution is 2.28. The van der Waals surface area contributed by atoms with Crippen LogP contribution in [0.15, 0.2) is 42.6 Å². The minimum absolute atomic E-state index is 0.0707. The summed E-state index contributed by atoms with van der Waals surface area (Å²) in [5.74, 6) is -0.0619. The summed E-state index contributed by atoms with van der Waals surface area (Å²) in [5, 5.41) is 21.7. The van der Waals surface area contributed by atoms with Crippen LogP contribution in [0.1, 0.15) is 42.4 Å². The van der Waals surface area contributed by atoms with Crippen LogP contribution in [0.5, 0.6) is 5.75 Å². The van der Waals surface area contributed by atoms with Gasteiger partial charge in [-0.1, -0.05) is 0 Å². The number of aromatic nitrogens is 1. The van der Waals surface area contributed by atoms with Gasteiger partial charge in [0.15, 0.2) is 0 Å². The van der Waals surface area contributed by atoms with Crippen LogP contribution in [0, 0.1) is 17.6 Å². The summed E-state index contributed by atoms with van der Waals surface area (Å²) in [6.45, 7) is 2.44. The highest BCUT2D eigenvalue weighted by Gasteiger charge is 2.25. The van der Waals surface area contributed by atoms with Gasteiger partial charge in [0.05, 0.1) is 25.3 Å². The van der Waals surface area contributed by atoms with Gasteiger partial charge in [0.25, 0.3) is 0 Å². The smallest absolute Gasteiger partial charge is 0.126 e. The Morgan fingerprint density at radius 2 is 1.83 bits per heavy atom. The zero-order valence-electron chi connectivity index (χ0n) is 20.2. The minimum atomic E-state index is -0.535. The Hall–Kier alpha value is -2.61. The zero-order chi connectivity index (χ0) is 24.8. The Morgan fingerprint density at radius 3 is 2.51 bits per heavy atom. The molecule has 1 saturated heterocycles. The summed E-state index contributed by atoms with van der Waals surface area (Å²) in [7, 11) is 1.63. The molecule has 0 amide bonds. The zero-order valence-corrected chi connectivity index (χ0v) is 20.2. The van der Waals surface area contributed by atoms with E-state index in [1.54, 1.807) is 13.3 Å². The van der Waals surface area contributed by atoms with Gasteiger partial charge in [0, 0.05) is 24.2 Å². The van der Waals surface area contributed by atoms with Crippen LogP contribution in [-0.4, -0.2) is 52.9 Å². The molecule has 3 aromatic rings. The third kappa shape index (κ3) is 6.54. The molecule has 1 aliphatic heterocycles. The predicted octanol–water partition coefficient (Wildman–Crippen LogP) is 4.65. The molecule has 5 nitrogen and oxygen atoms in total. The first-order valence-electron chi connectivity index (χ1n) is 12.4. The molecular weight excluding hydrogens is 450 g/mol. The van der Waals surface area contributed by atoms with E-state index in [0.29, 0.717) is 18.4 Å². The average Bonchev–Trinajstić information content (AvgIpc) is 2.86. The normalized spacial score (nSPS) is 16.0. The van der Waals surface area contributed by atoms with Crippen molar-refractivity contribution in [2.24, 2.45) is 5.92 Å². The topological polar surface area (TPSA) is 65.8 Å². The Balaban J connectivity index is 1.27. The third-order valence-corrected chi connectivity index (χ3v) is 7.19. The van der Waals surface area contributed by atoms with E-state index in [1.165, 1.54) is 12.1 Å². The van der Waals surface area contributed by atoms with Crippen LogP contribution >= 0.6 is 0 Å². The van der Waals surface area contributed by atoms with Gasteiger partial charge in [-0.2, -0.15) is 0 Å². The minimum Gasteiger partial charge on any atom is -0.497 e. The quantitative estimate of drug-likeness (QED) is 0.439. The molecule has 0 bridgehead atoms. The summed E-state index contributed by atoms with van der Waals surface area (Å²) in [5.41, 5.74) is 3.42. The van der Waals surface area contributed by atoms with Crippen molar-refractivity contribution in [2.45, 2.75) is 51.2 Å². The Kier molecular flexibility index (Phi) is 8.65. The second-order valence-electron chi connectivity index (χ2n) is 9.47. The van der Waals surface area contributed by atoms with Crippen LogP contribution in [-0.2, 0) is 19.4 Å². The first-order valence-corrected chi connectivity index (χ1v) is 12.4. The second-order valence-corrected chi connectivity index (χ2v) is 9.47. The highest BCUT2D eigenvalue weighted by molar-refractivity contribution is 5.84. The molecule has 2 heterocycles. The lowest BCUT2D eigenvalue weighted by Gasteiger charge is -2.34. The number of hydrogen-bond acceptors (Lipinski definition) is 5. The molecule has 188 valence electrons. The van der Waals surface area contributed by atoms with Crippen molar-refractivity contribution in [1.82, 2.24) is 9.88 Å². The molecule has 2 aromatic carbocycles. The summed E-state index contributed by atoms with van der Waals surface area (Å²) in [6, 6.07) is 9.44. The van der Waals surface area contributed by atoms with Gasteiger partial charge in [-0.3, -0.25) is 4.98 Å². The van der Waals surface area contributed by atoms with Gasteiger partial charge in [0.1, 0.15) is 17.4 Å². The Morgan fingerprint density at radius 1 is 1.09 bits per heavy atom.